The van der Waals surface area contributed by atoms with Crippen LogP contribution in [0.5, 0.6) is 0 Å². The molecule has 0 heterocycles. The third-order valence-electron chi connectivity index (χ3n) is 2.76. The van der Waals surface area contributed by atoms with Crippen LogP contribution < -0.4 is 0 Å². The van der Waals surface area contributed by atoms with Crippen molar-refractivity contribution >= 4 is 25.7 Å². The second kappa shape index (κ2) is 5.10. The summed E-state index contributed by atoms with van der Waals surface area (Å²) >= 11 is 0. The van der Waals surface area contributed by atoms with Gasteiger partial charge in [-0.1, -0.05) is 55.5 Å². The molecule has 0 spiro atoms. The van der Waals surface area contributed by atoms with E-state index in [4.69, 9.17) is 0 Å². The van der Waals surface area contributed by atoms with Gasteiger partial charge in [-0.25, -0.2) is 0 Å². The minimum Gasteiger partial charge on any atom is -0.433 e. The van der Waals surface area contributed by atoms with Crippen LogP contribution in [0, 0.1) is 0 Å². The number of benzene rings is 2. The van der Waals surface area contributed by atoms with Gasteiger partial charge in [0, 0.05) is 0 Å². The smallest absolute Gasteiger partial charge is 0.188 e. The summed E-state index contributed by atoms with van der Waals surface area (Å²) in [6, 6.07) is 14.6. The van der Waals surface area contributed by atoms with E-state index in [0.717, 1.165) is 11.6 Å². The molecule has 0 atom stereocenters. The van der Waals surface area contributed by atoms with E-state index in [1.54, 1.807) is 0 Å². The maximum Gasteiger partial charge on any atom is 0.188 e. The average molecular weight is 228 g/mol. The Kier molecular flexibility index (Phi) is 3.54. The highest BCUT2D eigenvalue weighted by Crippen LogP contribution is 2.24. The maximum absolute atomic E-state index is 9.54. The Labute approximate surface area is 98.4 Å². The van der Waals surface area contributed by atoms with Crippen molar-refractivity contribution in [2.24, 2.45) is 0 Å². The molecule has 16 heavy (non-hydrogen) atoms. The number of hydrogen-bond acceptors (Lipinski definition) is 1. The summed E-state index contributed by atoms with van der Waals surface area (Å²) in [5, 5.41) is 3.63. The monoisotopic (exact) mass is 228 g/mol. The lowest BCUT2D eigenvalue weighted by molar-refractivity contribution is 0.616. The Hall–Kier alpha value is -1.38. The number of fused-ring (bicyclic) bond motifs is 1. The van der Waals surface area contributed by atoms with Gasteiger partial charge in [0.1, 0.15) is 0 Å². The van der Waals surface area contributed by atoms with Crippen LogP contribution in [0.25, 0.3) is 16.0 Å². The van der Waals surface area contributed by atoms with Crippen molar-refractivity contribution in [2.45, 2.75) is 13.3 Å². The minimum atomic E-state index is -1.11. The van der Waals surface area contributed by atoms with Gasteiger partial charge < -0.3 is 4.80 Å². The highest BCUT2D eigenvalue weighted by atomic mass is 28.2. The summed E-state index contributed by atoms with van der Waals surface area (Å²) in [6.07, 6.45) is 3.13. The molecule has 0 aliphatic heterocycles. The van der Waals surface area contributed by atoms with Crippen molar-refractivity contribution < 1.29 is 4.80 Å². The van der Waals surface area contributed by atoms with Crippen LogP contribution in [0.3, 0.4) is 0 Å². The summed E-state index contributed by atoms with van der Waals surface area (Å²) in [5.74, 6) is 0. The molecule has 0 amide bonds. The standard InChI is InChI=1S/C14H16OSi/c1-2-6-14(16-15)13-10-5-8-11-7-3-4-9-12(11)13/h3-10,15H,2,16H2,1H3. The Morgan fingerprint density at radius 1 is 1.19 bits per heavy atom. The van der Waals surface area contributed by atoms with Gasteiger partial charge >= 0.3 is 0 Å². The zero-order chi connectivity index (χ0) is 11.4. The summed E-state index contributed by atoms with van der Waals surface area (Å²) in [5.41, 5.74) is 1.20. The van der Waals surface area contributed by atoms with E-state index in [0.29, 0.717) is 0 Å². The van der Waals surface area contributed by atoms with Gasteiger partial charge in [0.05, 0.1) is 0 Å². The third-order valence-corrected chi connectivity index (χ3v) is 3.77. The Balaban J connectivity index is 2.64. The van der Waals surface area contributed by atoms with Gasteiger partial charge in [-0.3, -0.25) is 0 Å². The first-order valence-electron chi connectivity index (χ1n) is 5.65. The maximum atomic E-state index is 9.54. The third kappa shape index (κ3) is 2.08. The molecule has 2 heteroatoms. The number of allylic oxidation sites excluding steroid dienone is 1. The molecular formula is C14H16OSi. The lowest BCUT2D eigenvalue weighted by Gasteiger charge is -2.08. The van der Waals surface area contributed by atoms with Crippen molar-refractivity contribution in [3.8, 4) is 0 Å². The lowest BCUT2D eigenvalue weighted by Crippen LogP contribution is -1.95. The zero-order valence-electron chi connectivity index (χ0n) is 9.48. The van der Waals surface area contributed by atoms with E-state index < -0.39 is 9.76 Å². The topological polar surface area (TPSA) is 20.2 Å². The molecule has 0 aromatic heterocycles. The molecule has 0 unspecified atom stereocenters. The zero-order valence-corrected chi connectivity index (χ0v) is 10.9. The van der Waals surface area contributed by atoms with Crippen LogP contribution in [-0.2, 0) is 0 Å². The van der Waals surface area contributed by atoms with Gasteiger partial charge in [0.2, 0.25) is 0 Å². The number of hydrogen-bond donors (Lipinski definition) is 1. The summed E-state index contributed by atoms with van der Waals surface area (Å²) in [7, 11) is -1.11. The predicted molar refractivity (Wildman–Crippen MR) is 73.0 cm³/mol. The first-order valence-corrected chi connectivity index (χ1v) is 6.98. The second-order valence-corrected chi connectivity index (χ2v) is 4.90. The van der Waals surface area contributed by atoms with Crippen LogP contribution in [-0.4, -0.2) is 14.6 Å². The second-order valence-electron chi connectivity index (χ2n) is 3.82. The van der Waals surface area contributed by atoms with E-state index in [1.807, 2.05) is 12.1 Å². The predicted octanol–water partition coefficient (Wildman–Crippen LogP) is 2.67. The van der Waals surface area contributed by atoms with Crippen LogP contribution >= 0.6 is 0 Å². The fourth-order valence-electron chi connectivity index (χ4n) is 2.01. The van der Waals surface area contributed by atoms with E-state index in [9.17, 15) is 4.80 Å². The molecule has 2 rings (SSSR count). The minimum absolute atomic E-state index is 0.978. The van der Waals surface area contributed by atoms with Crippen LogP contribution in [0.1, 0.15) is 18.9 Å². The van der Waals surface area contributed by atoms with Gasteiger partial charge in [0.15, 0.2) is 9.76 Å². The van der Waals surface area contributed by atoms with Crippen LogP contribution in [0.4, 0.5) is 0 Å². The highest BCUT2D eigenvalue weighted by Gasteiger charge is 2.04. The van der Waals surface area contributed by atoms with Crippen molar-refractivity contribution in [1.82, 2.24) is 0 Å². The lowest BCUT2D eigenvalue weighted by atomic mass is 10.0. The molecule has 0 aliphatic rings. The highest BCUT2D eigenvalue weighted by molar-refractivity contribution is 6.54. The Bertz CT molecular complexity index is 512. The molecular weight excluding hydrogens is 212 g/mol. The molecule has 1 nitrogen and oxygen atoms in total. The normalized spacial score (nSPS) is 12.8. The van der Waals surface area contributed by atoms with Gasteiger partial charge in [-0.15, -0.1) is 0 Å². The average Bonchev–Trinajstić information content (AvgIpc) is 2.35. The molecule has 1 N–H and O–H groups in total. The SMILES string of the molecule is CCC=C([SiH2]O)c1cccc2ccccc12. The molecule has 0 aliphatic carbocycles. The summed E-state index contributed by atoms with van der Waals surface area (Å²) in [6.45, 7) is 2.11. The largest absolute Gasteiger partial charge is 0.433 e. The van der Waals surface area contributed by atoms with Crippen molar-refractivity contribution in [3.63, 3.8) is 0 Å². The van der Waals surface area contributed by atoms with Crippen molar-refractivity contribution in [1.29, 1.82) is 0 Å². The van der Waals surface area contributed by atoms with Gasteiger partial charge in [0.25, 0.3) is 0 Å². The quantitative estimate of drug-likeness (QED) is 0.801. The van der Waals surface area contributed by atoms with Crippen molar-refractivity contribution in [3.05, 3.63) is 54.1 Å². The summed E-state index contributed by atoms with van der Waals surface area (Å²) < 4.78 is 0. The molecule has 0 bridgehead atoms. The molecule has 82 valence electrons. The molecule has 0 radical (unpaired) electrons. The Morgan fingerprint density at radius 3 is 2.69 bits per heavy atom. The van der Waals surface area contributed by atoms with E-state index in [2.05, 4.69) is 43.3 Å². The first-order chi connectivity index (χ1) is 7.86. The molecule has 0 fully saturated rings. The van der Waals surface area contributed by atoms with E-state index in [-0.39, 0.29) is 0 Å². The first kappa shape index (κ1) is 11.1. The molecule has 0 saturated carbocycles. The van der Waals surface area contributed by atoms with Crippen LogP contribution in [0.15, 0.2) is 48.5 Å². The molecule has 2 aromatic carbocycles. The fraction of sp³-hybridized carbons (Fsp3) is 0.143. The van der Waals surface area contributed by atoms with Gasteiger partial charge in [-0.05, 0) is 28.0 Å². The van der Waals surface area contributed by atoms with Crippen LogP contribution in [0.2, 0.25) is 0 Å². The fourth-order valence-corrected chi connectivity index (χ4v) is 2.91. The van der Waals surface area contributed by atoms with Crippen molar-refractivity contribution in [2.75, 3.05) is 0 Å². The molecule has 2 aromatic rings. The number of rotatable bonds is 3. The summed E-state index contributed by atoms with van der Waals surface area (Å²) in [4.78, 5) is 9.54. The van der Waals surface area contributed by atoms with E-state index >= 15 is 0 Å². The molecule has 0 saturated heterocycles. The van der Waals surface area contributed by atoms with Gasteiger partial charge in [-0.2, -0.15) is 0 Å². The Morgan fingerprint density at radius 2 is 1.94 bits per heavy atom. The van der Waals surface area contributed by atoms with E-state index in [1.165, 1.54) is 16.3 Å².